The summed E-state index contributed by atoms with van der Waals surface area (Å²) in [5.74, 6) is 0.903. The van der Waals surface area contributed by atoms with Gasteiger partial charge in [0.25, 0.3) is 0 Å². The summed E-state index contributed by atoms with van der Waals surface area (Å²) in [6.45, 7) is 3.15. The van der Waals surface area contributed by atoms with E-state index in [1.54, 1.807) is 0 Å². The molecule has 0 saturated carbocycles. The van der Waals surface area contributed by atoms with Crippen LogP contribution in [0, 0.1) is 0 Å². The van der Waals surface area contributed by atoms with E-state index in [-0.39, 0.29) is 0 Å². The second kappa shape index (κ2) is 5.87. The number of anilines is 1. The van der Waals surface area contributed by atoms with Gasteiger partial charge in [-0.05, 0) is 30.7 Å². The van der Waals surface area contributed by atoms with Crippen molar-refractivity contribution >= 4 is 21.9 Å². The molecule has 1 aromatic heterocycles. The highest BCUT2D eigenvalue weighted by Crippen LogP contribution is 2.17. The van der Waals surface area contributed by atoms with Crippen LogP contribution in [0.5, 0.6) is 0 Å². The van der Waals surface area contributed by atoms with Gasteiger partial charge in [0.1, 0.15) is 0 Å². The zero-order valence-electron chi connectivity index (χ0n) is 9.86. The minimum atomic E-state index is 0.903. The summed E-state index contributed by atoms with van der Waals surface area (Å²) >= 11 is 3.44. The molecule has 1 heterocycles. The standard InChI is InChI=1S/C13H16BrN3/c1-2-3-8-15-13-16-9-10-17(13)12-6-4-11(14)5-7-12/h4-7,9-10H,2-3,8H2,1H3,(H,15,16). The van der Waals surface area contributed by atoms with Gasteiger partial charge in [-0.1, -0.05) is 29.3 Å². The molecule has 1 aromatic carbocycles. The van der Waals surface area contributed by atoms with Crippen LogP contribution in [0.25, 0.3) is 5.69 Å². The first-order chi connectivity index (χ1) is 8.31. The molecular formula is C13H16BrN3. The topological polar surface area (TPSA) is 29.9 Å². The third-order valence-electron chi connectivity index (χ3n) is 2.56. The average molecular weight is 294 g/mol. The smallest absolute Gasteiger partial charge is 0.207 e. The van der Waals surface area contributed by atoms with E-state index in [0.717, 1.165) is 29.1 Å². The van der Waals surface area contributed by atoms with Gasteiger partial charge in [0.05, 0.1) is 0 Å². The van der Waals surface area contributed by atoms with Gasteiger partial charge in [-0.3, -0.25) is 4.57 Å². The Labute approximate surface area is 110 Å². The lowest BCUT2D eigenvalue weighted by Gasteiger charge is -2.09. The molecule has 0 bridgehead atoms. The van der Waals surface area contributed by atoms with Gasteiger partial charge in [0, 0.05) is 29.1 Å². The summed E-state index contributed by atoms with van der Waals surface area (Å²) in [7, 11) is 0. The van der Waals surface area contributed by atoms with Gasteiger partial charge in [0.2, 0.25) is 5.95 Å². The number of hydrogen-bond donors (Lipinski definition) is 1. The van der Waals surface area contributed by atoms with Crippen LogP contribution in [-0.2, 0) is 0 Å². The van der Waals surface area contributed by atoms with Crippen molar-refractivity contribution in [2.24, 2.45) is 0 Å². The molecule has 90 valence electrons. The Kier molecular flexibility index (Phi) is 4.20. The Bertz CT molecular complexity index is 462. The monoisotopic (exact) mass is 293 g/mol. The molecule has 2 rings (SSSR count). The Balaban J connectivity index is 2.15. The van der Waals surface area contributed by atoms with E-state index >= 15 is 0 Å². The molecule has 0 radical (unpaired) electrons. The molecule has 17 heavy (non-hydrogen) atoms. The lowest BCUT2D eigenvalue weighted by atomic mass is 10.3. The number of benzene rings is 1. The fourth-order valence-corrected chi connectivity index (χ4v) is 1.89. The molecule has 0 aliphatic rings. The number of aromatic nitrogens is 2. The van der Waals surface area contributed by atoms with E-state index in [2.05, 4.69) is 49.9 Å². The Morgan fingerprint density at radius 1 is 1.29 bits per heavy atom. The van der Waals surface area contributed by atoms with E-state index in [9.17, 15) is 0 Å². The van der Waals surface area contributed by atoms with Crippen molar-refractivity contribution in [3.63, 3.8) is 0 Å². The quantitative estimate of drug-likeness (QED) is 0.849. The minimum absolute atomic E-state index is 0.903. The Morgan fingerprint density at radius 3 is 2.76 bits per heavy atom. The number of halogens is 1. The van der Waals surface area contributed by atoms with E-state index in [1.165, 1.54) is 6.42 Å². The summed E-state index contributed by atoms with van der Waals surface area (Å²) in [6, 6.07) is 8.20. The third-order valence-corrected chi connectivity index (χ3v) is 3.09. The highest BCUT2D eigenvalue weighted by Gasteiger charge is 2.03. The van der Waals surface area contributed by atoms with Gasteiger partial charge in [0.15, 0.2) is 0 Å². The molecule has 0 atom stereocenters. The Morgan fingerprint density at radius 2 is 2.06 bits per heavy atom. The van der Waals surface area contributed by atoms with Crippen LogP contribution in [0.3, 0.4) is 0 Å². The first-order valence-electron chi connectivity index (χ1n) is 5.84. The van der Waals surface area contributed by atoms with Crippen LogP contribution in [0.2, 0.25) is 0 Å². The van der Waals surface area contributed by atoms with E-state index in [4.69, 9.17) is 0 Å². The molecule has 3 nitrogen and oxygen atoms in total. The molecule has 0 unspecified atom stereocenters. The molecular weight excluding hydrogens is 278 g/mol. The van der Waals surface area contributed by atoms with Crippen LogP contribution < -0.4 is 5.32 Å². The van der Waals surface area contributed by atoms with Gasteiger partial charge in [-0.25, -0.2) is 4.98 Å². The van der Waals surface area contributed by atoms with Crippen molar-refractivity contribution in [2.75, 3.05) is 11.9 Å². The fourth-order valence-electron chi connectivity index (χ4n) is 1.62. The van der Waals surface area contributed by atoms with Crippen molar-refractivity contribution < 1.29 is 0 Å². The highest BCUT2D eigenvalue weighted by atomic mass is 79.9. The summed E-state index contributed by atoms with van der Waals surface area (Å²) in [6.07, 6.45) is 6.13. The number of nitrogens with one attached hydrogen (secondary N) is 1. The maximum absolute atomic E-state index is 4.33. The fraction of sp³-hybridized carbons (Fsp3) is 0.308. The van der Waals surface area contributed by atoms with Gasteiger partial charge < -0.3 is 5.32 Å². The van der Waals surface area contributed by atoms with Crippen LogP contribution in [0.4, 0.5) is 5.95 Å². The average Bonchev–Trinajstić information content (AvgIpc) is 2.79. The lowest BCUT2D eigenvalue weighted by molar-refractivity contribution is 0.823. The molecule has 0 spiro atoms. The van der Waals surface area contributed by atoms with Crippen molar-refractivity contribution in [3.05, 3.63) is 41.1 Å². The van der Waals surface area contributed by atoms with Crippen molar-refractivity contribution in [2.45, 2.75) is 19.8 Å². The summed E-state index contributed by atoms with van der Waals surface area (Å²) in [5.41, 5.74) is 1.12. The van der Waals surface area contributed by atoms with Gasteiger partial charge in [-0.15, -0.1) is 0 Å². The zero-order valence-corrected chi connectivity index (χ0v) is 11.4. The molecule has 0 aliphatic heterocycles. The number of nitrogens with zero attached hydrogens (tertiary/aromatic N) is 2. The summed E-state index contributed by atoms with van der Waals surface area (Å²) in [5, 5.41) is 3.35. The van der Waals surface area contributed by atoms with Gasteiger partial charge >= 0.3 is 0 Å². The first-order valence-corrected chi connectivity index (χ1v) is 6.63. The lowest BCUT2D eigenvalue weighted by Crippen LogP contribution is -2.07. The second-order valence-electron chi connectivity index (χ2n) is 3.88. The molecule has 1 N–H and O–H groups in total. The number of hydrogen-bond acceptors (Lipinski definition) is 2. The SMILES string of the molecule is CCCCNc1nccn1-c1ccc(Br)cc1. The zero-order chi connectivity index (χ0) is 12.1. The molecule has 2 aromatic rings. The van der Waals surface area contributed by atoms with E-state index < -0.39 is 0 Å². The first kappa shape index (κ1) is 12.2. The largest absolute Gasteiger partial charge is 0.355 e. The molecule has 0 saturated heterocycles. The number of unbranched alkanes of at least 4 members (excludes halogenated alkanes) is 1. The molecule has 0 fully saturated rings. The normalized spacial score (nSPS) is 10.5. The maximum Gasteiger partial charge on any atom is 0.207 e. The summed E-state index contributed by atoms with van der Waals surface area (Å²) < 4.78 is 3.14. The van der Waals surface area contributed by atoms with Crippen molar-refractivity contribution in [3.8, 4) is 5.69 Å². The summed E-state index contributed by atoms with van der Waals surface area (Å²) in [4.78, 5) is 4.33. The third kappa shape index (κ3) is 3.09. The van der Waals surface area contributed by atoms with E-state index in [1.807, 2.05) is 24.5 Å². The molecule has 4 heteroatoms. The number of imidazole rings is 1. The van der Waals surface area contributed by atoms with Gasteiger partial charge in [-0.2, -0.15) is 0 Å². The van der Waals surface area contributed by atoms with Crippen LogP contribution in [0.1, 0.15) is 19.8 Å². The molecule has 0 aliphatic carbocycles. The van der Waals surface area contributed by atoms with Crippen molar-refractivity contribution in [1.82, 2.24) is 9.55 Å². The predicted octanol–water partition coefficient (Wildman–Crippen LogP) is 3.85. The minimum Gasteiger partial charge on any atom is -0.355 e. The number of rotatable bonds is 5. The van der Waals surface area contributed by atoms with E-state index in [0.29, 0.717) is 0 Å². The predicted molar refractivity (Wildman–Crippen MR) is 74.7 cm³/mol. The van der Waals surface area contributed by atoms with Crippen LogP contribution in [0.15, 0.2) is 41.1 Å². The highest BCUT2D eigenvalue weighted by molar-refractivity contribution is 9.10. The second-order valence-corrected chi connectivity index (χ2v) is 4.79. The van der Waals surface area contributed by atoms with Crippen molar-refractivity contribution in [1.29, 1.82) is 0 Å². The Hall–Kier alpha value is -1.29. The van der Waals surface area contributed by atoms with Crippen LogP contribution in [-0.4, -0.2) is 16.1 Å². The molecule has 0 amide bonds. The van der Waals surface area contributed by atoms with Crippen LogP contribution >= 0.6 is 15.9 Å². The maximum atomic E-state index is 4.33.